The van der Waals surface area contributed by atoms with Crippen molar-refractivity contribution in [1.82, 2.24) is 0 Å². The summed E-state index contributed by atoms with van der Waals surface area (Å²) >= 11 is 9.41. The smallest absolute Gasteiger partial charge is 0.131 e. The van der Waals surface area contributed by atoms with Crippen molar-refractivity contribution in [3.05, 3.63) is 63.6 Å². The summed E-state index contributed by atoms with van der Waals surface area (Å²) in [6, 6.07) is 15.1. The SMILES string of the molecule is NC(=Nc1ccc(Br)cc1Cl)c1ccccc1. The molecule has 0 bridgehead atoms. The monoisotopic (exact) mass is 308 g/mol. The van der Waals surface area contributed by atoms with E-state index in [1.807, 2.05) is 42.5 Å². The highest BCUT2D eigenvalue weighted by Crippen LogP contribution is 2.28. The van der Waals surface area contributed by atoms with Gasteiger partial charge in [0.1, 0.15) is 5.84 Å². The van der Waals surface area contributed by atoms with E-state index in [4.69, 9.17) is 17.3 Å². The van der Waals surface area contributed by atoms with E-state index in [-0.39, 0.29) is 0 Å². The first-order chi connectivity index (χ1) is 8.16. The van der Waals surface area contributed by atoms with Crippen molar-refractivity contribution in [3.8, 4) is 0 Å². The number of nitrogens with zero attached hydrogens (tertiary/aromatic N) is 1. The van der Waals surface area contributed by atoms with Crippen LogP contribution in [0.5, 0.6) is 0 Å². The van der Waals surface area contributed by atoms with Gasteiger partial charge in [0.25, 0.3) is 0 Å². The molecule has 0 spiro atoms. The third kappa shape index (κ3) is 3.08. The van der Waals surface area contributed by atoms with Crippen LogP contribution in [-0.2, 0) is 0 Å². The lowest BCUT2D eigenvalue weighted by Gasteiger charge is -2.02. The minimum Gasteiger partial charge on any atom is -0.383 e. The summed E-state index contributed by atoms with van der Waals surface area (Å²) in [6.45, 7) is 0. The molecule has 2 aromatic carbocycles. The molecule has 2 N–H and O–H groups in total. The van der Waals surface area contributed by atoms with E-state index in [1.54, 1.807) is 6.07 Å². The third-order valence-electron chi connectivity index (χ3n) is 2.22. The van der Waals surface area contributed by atoms with Crippen LogP contribution in [0.3, 0.4) is 0 Å². The summed E-state index contributed by atoms with van der Waals surface area (Å²) in [5.41, 5.74) is 7.46. The van der Waals surface area contributed by atoms with Crippen LogP contribution in [0.25, 0.3) is 0 Å². The fourth-order valence-electron chi connectivity index (χ4n) is 1.38. The molecule has 2 nitrogen and oxygen atoms in total. The average molecular weight is 310 g/mol. The number of hydrogen-bond donors (Lipinski definition) is 1. The summed E-state index contributed by atoms with van der Waals surface area (Å²) in [4.78, 5) is 4.31. The van der Waals surface area contributed by atoms with Crippen LogP contribution in [-0.4, -0.2) is 5.84 Å². The van der Waals surface area contributed by atoms with Crippen LogP contribution in [0.1, 0.15) is 5.56 Å². The Balaban J connectivity index is 2.36. The standard InChI is InChI=1S/C13H10BrClN2/c14-10-6-7-12(11(15)8-10)17-13(16)9-4-2-1-3-5-9/h1-8H,(H2,16,17). The van der Waals surface area contributed by atoms with E-state index in [2.05, 4.69) is 20.9 Å². The Morgan fingerprint density at radius 1 is 1.12 bits per heavy atom. The highest BCUT2D eigenvalue weighted by atomic mass is 79.9. The van der Waals surface area contributed by atoms with Gasteiger partial charge in [0.15, 0.2) is 0 Å². The highest BCUT2D eigenvalue weighted by Gasteiger charge is 2.02. The Bertz CT molecular complexity index is 553. The van der Waals surface area contributed by atoms with E-state index in [0.717, 1.165) is 10.0 Å². The number of halogens is 2. The van der Waals surface area contributed by atoms with Crippen molar-refractivity contribution in [1.29, 1.82) is 0 Å². The lowest BCUT2D eigenvalue weighted by molar-refractivity contribution is 1.44. The highest BCUT2D eigenvalue weighted by molar-refractivity contribution is 9.10. The molecule has 0 saturated heterocycles. The maximum atomic E-state index is 6.07. The Morgan fingerprint density at radius 2 is 1.82 bits per heavy atom. The second kappa shape index (κ2) is 5.34. The van der Waals surface area contributed by atoms with Gasteiger partial charge in [-0.15, -0.1) is 0 Å². The van der Waals surface area contributed by atoms with Gasteiger partial charge in [-0.25, -0.2) is 4.99 Å². The molecular formula is C13H10BrClN2. The molecule has 0 aliphatic rings. The van der Waals surface area contributed by atoms with Crippen LogP contribution in [0.4, 0.5) is 5.69 Å². The van der Waals surface area contributed by atoms with Crippen molar-refractivity contribution in [3.63, 3.8) is 0 Å². The van der Waals surface area contributed by atoms with Crippen molar-refractivity contribution in [2.24, 2.45) is 10.7 Å². The van der Waals surface area contributed by atoms with Crippen LogP contribution in [0, 0.1) is 0 Å². The molecule has 17 heavy (non-hydrogen) atoms. The first-order valence-electron chi connectivity index (χ1n) is 5.01. The minimum atomic E-state index is 0.454. The molecule has 0 aromatic heterocycles. The summed E-state index contributed by atoms with van der Waals surface area (Å²) < 4.78 is 0.916. The van der Waals surface area contributed by atoms with E-state index >= 15 is 0 Å². The largest absolute Gasteiger partial charge is 0.383 e. The fraction of sp³-hybridized carbons (Fsp3) is 0. The van der Waals surface area contributed by atoms with Crippen molar-refractivity contribution >= 4 is 39.1 Å². The molecule has 0 radical (unpaired) electrons. The number of hydrogen-bond acceptors (Lipinski definition) is 1. The van der Waals surface area contributed by atoms with Gasteiger partial charge in [-0.1, -0.05) is 57.9 Å². The molecule has 0 atom stereocenters. The van der Waals surface area contributed by atoms with E-state index in [9.17, 15) is 0 Å². The molecule has 2 rings (SSSR count). The summed E-state index contributed by atoms with van der Waals surface area (Å²) in [7, 11) is 0. The molecule has 0 unspecified atom stereocenters. The molecule has 0 aliphatic carbocycles. The summed E-state index contributed by atoms with van der Waals surface area (Å²) in [6.07, 6.45) is 0. The van der Waals surface area contributed by atoms with E-state index < -0.39 is 0 Å². The van der Waals surface area contributed by atoms with Gasteiger partial charge in [0.2, 0.25) is 0 Å². The average Bonchev–Trinajstić information content (AvgIpc) is 2.34. The van der Waals surface area contributed by atoms with Gasteiger partial charge < -0.3 is 5.73 Å². The quantitative estimate of drug-likeness (QED) is 0.657. The first kappa shape index (κ1) is 12.1. The molecule has 0 heterocycles. The lowest BCUT2D eigenvalue weighted by atomic mass is 10.2. The van der Waals surface area contributed by atoms with Gasteiger partial charge >= 0.3 is 0 Å². The van der Waals surface area contributed by atoms with Gasteiger partial charge in [0.05, 0.1) is 10.7 Å². The van der Waals surface area contributed by atoms with Crippen LogP contribution in [0.2, 0.25) is 5.02 Å². The Hall–Kier alpha value is -1.32. The molecule has 0 fully saturated rings. The lowest BCUT2D eigenvalue weighted by Crippen LogP contribution is -2.12. The van der Waals surface area contributed by atoms with Gasteiger partial charge in [-0.3, -0.25) is 0 Å². The maximum absolute atomic E-state index is 6.07. The molecule has 0 amide bonds. The number of rotatable bonds is 2. The van der Waals surface area contributed by atoms with Gasteiger partial charge in [-0.2, -0.15) is 0 Å². The first-order valence-corrected chi connectivity index (χ1v) is 6.18. The normalized spacial score (nSPS) is 11.5. The molecule has 4 heteroatoms. The molecule has 0 aliphatic heterocycles. The Kier molecular flexibility index (Phi) is 3.82. The number of amidine groups is 1. The summed E-state index contributed by atoms with van der Waals surface area (Å²) in [5.74, 6) is 0.454. The Labute approximate surface area is 113 Å². The van der Waals surface area contributed by atoms with Crippen molar-refractivity contribution < 1.29 is 0 Å². The molecular weight excluding hydrogens is 300 g/mol. The Morgan fingerprint density at radius 3 is 2.47 bits per heavy atom. The van der Waals surface area contributed by atoms with Crippen LogP contribution >= 0.6 is 27.5 Å². The molecule has 2 aromatic rings. The summed E-state index contributed by atoms with van der Waals surface area (Å²) in [5, 5.41) is 0.568. The minimum absolute atomic E-state index is 0.454. The topological polar surface area (TPSA) is 38.4 Å². The maximum Gasteiger partial charge on any atom is 0.131 e. The van der Waals surface area contributed by atoms with Crippen LogP contribution < -0.4 is 5.73 Å². The zero-order valence-electron chi connectivity index (χ0n) is 8.90. The predicted molar refractivity (Wildman–Crippen MR) is 76.0 cm³/mol. The fourth-order valence-corrected chi connectivity index (χ4v) is 2.09. The second-order valence-corrected chi connectivity index (χ2v) is 4.78. The number of benzene rings is 2. The third-order valence-corrected chi connectivity index (χ3v) is 3.02. The zero-order chi connectivity index (χ0) is 12.3. The molecule has 0 saturated carbocycles. The van der Waals surface area contributed by atoms with Gasteiger partial charge in [0, 0.05) is 10.0 Å². The van der Waals surface area contributed by atoms with Crippen LogP contribution in [0.15, 0.2) is 58.0 Å². The number of nitrogens with two attached hydrogens (primary N) is 1. The van der Waals surface area contributed by atoms with Crippen molar-refractivity contribution in [2.75, 3.05) is 0 Å². The van der Waals surface area contributed by atoms with Crippen molar-refractivity contribution in [2.45, 2.75) is 0 Å². The number of aliphatic imine (C=N–C) groups is 1. The van der Waals surface area contributed by atoms with Gasteiger partial charge in [-0.05, 0) is 18.2 Å². The molecule has 86 valence electrons. The zero-order valence-corrected chi connectivity index (χ0v) is 11.2. The van der Waals surface area contributed by atoms with E-state index in [0.29, 0.717) is 16.5 Å². The van der Waals surface area contributed by atoms with E-state index in [1.165, 1.54) is 0 Å². The predicted octanol–water partition coefficient (Wildman–Crippen LogP) is 4.14. The second-order valence-electron chi connectivity index (χ2n) is 3.46.